The van der Waals surface area contributed by atoms with Crippen LogP contribution in [0, 0.1) is 29.1 Å². The second-order valence-corrected chi connectivity index (χ2v) is 5.76. The van der Waals surface area contributed by atoms with E-state index in [0.29, 0.717) is 6.26 Å². The highest BCUT2D eigenvalue weighted by molar-refractivity contribution is 7.86. The second-order valence-electron chi connectivity index (χ2n) is 4.15. The van der Waals surface area contributed by atoms with Crippen LogP contribution < -0.4 is 0 Å². The summed E-state index contributed by atoms with van der Waals surface area (Å²) in [6.45, 7) is 0.359. The number of ether oxygens (including phenoxy) is 1. The number of carbonyl (C=O) groups is 1. The molecule has 1 aromatic carbocycles. The molecule has 0 aliphatic carbocycles. The Kier molecular flexibility index (Phi) is 5.46. The van der Waals surface area contributed by atoms with Gasteiger partial charge < -0.3 is 4.74 Å². The molecule has 0 aromatic heterocycles. The predicted octanol–water partition coefficient (Wildman–Crippen LogP) is 1.90. The molecule has 0 saturated heterocycles. The molecule has 0 aliphatic heterocycles. The maximum absolute atomic E-state index is 13.3. The monoisotopic (exact) mass is 348 g/mol. The van der Waals surface area contributed by atoms with Gasteiger partial charge in [-0.2, -0.15) is 8.42 Å². The van der Waals surface area contributed by atoms with Crippen molar-refractivity contribution in [1.82, 2.24) is 0 Å². The van der Waals surface area contributed by atoms with E-state index in [2.05, 4.69) is 8.92 Å². The minimum atomic E-state index is -3.88. The number of rotatable bonds is 5. The standard InChI is InChI=1S/C11H9F5O5S/c1-4(21-22(2,18)19)3-20-11(17)5-6(12)8(14)10(16)9(15)7(5)13/h4H,3H2,1-2H3. The number of hydrogen-bond donors (Lipinski definition) is 0. The van der Waals surface area contributed by atoms with Crippen LogP contribution in [0.1, 0.15) is 17.3 Å². The fourth-order valence-corrected chi connectivity index (χ4v) is 2.03. The quantitative estimate of drug-likeness (QED) is 0.267. The Labute approximate surface area is 121 Å². The normalized spacial score (nSPS) is 13.0. The van der Waals surface area contributed by atoms with Crippen molar-refractivity contribution in [2.24, 2.45) is 0 Å². The lowest BCUT2D eigenvalue weighted by Crippen LogP contribution is -2.23. The summed E-state index contributed by atoms with van der Waals surface area (Å²) in [5, 5.41) is 0. The minimum absolute atomic E-state index is 0.704. The first-order valence-corrected chi connectivity index (χ1v) is 7.34. The van der Waals surface area contributed by atoms with Gasteiger partial charge in [-0.15, -0.1) is 0 Å². The Morgan fingerprint density at radius 3 is 1.82 bits per heavy atom. The topological polar surface area (TPSA) is 69.7 Å². The van der Waals surface area contributed by atoms with Crippen LogP contribution in [0.4, 0.5) is 22.0 Å². The van der Waals surface area contributed by atoms with Crippen molar-refractivity contribution >= 4 is 16.1 Å². The van der Waals surface area contributed by atoms with E-state index in [0.717, 1.165) is 6.92 Å². The van der Waals surface area contributed by atoms with Crippen molar-refractivity contribution in [3.8, 4) is 0 Å². The van der Waals surface area contributed by atoms with Crippen LogP contribution in [0.2, 0.25) is 0 Å². The first-order valence-electron chi connectivity index (χ1n) is 5.52. The SMILES string of the molecule is CC(COC(=O)c1c(F)c(F)c(F)c(F)c1F)OS(C)(=O)=O. The zero-order valence-corrected chi connectivity index (χ0v) is 11.9. The van der Waals surface area contributed by atoms with Crippen LogP contribution in [0.15, 0.2) is 0 Å². The van der Waals surface area contributed by atoms with E-state index >= 15 is 0 Å². The van der Waals surface area contributed by atoms with Crippen LogP contribution in [-0.2, 0) is 19.0 Å². The zero-order chi connectivity index (χ0) is 17.2. The first-order chi connectivity index (χ1) is 9.95. The van der Waals surface area contributed by atoms with Gasteiger partial charge in [0.25, 0.3) is 10.1 Å². The van der Waals surface area contributed by atoms with E-state index in [1.165, 1.54) is 0 Å². The third kappa shape index (κ3) is 4.13. The summed E-state index contributed by atoms with van der Waals surface area (Å²) in [6, 6.07) is 0. The van der Waals surface area contributed by atoms with Crippen molar-refractivity contribution in [3.63, 3.8) is 0 Å². The van der Waals surface area contributed by atoms with Crippen LogP contribution >= 0.6 is 0 Å². The van der Waals surface area contributed by atoms with Crippen LogP contribution in [0.25, 0.3) is 0 Å². The van der Waals surface area contributed by atoms with E-state index in [9.17, 15) is 35.2 Å². The molecule has 0 saturated carbocycles. The molecule has 5 nitrogen and oxygen atoms in total. The molecule has 0 bridgehead atoms. The summed E-state index contributed by atoms with van der Waals surface area (Å²) in [5.74, 6) is -13.6. The van der Waals surface area contributed by atoms with Gasteiger partial charge in [-0.3, -0.25) is 4.18 Å². The van der Waals surface area contributed by atoms with E-state index in [1.807, 2.05) is 0 Å². The third-order valence-electron chi connectivity index (χ3n) is 2.20. The van der Waals surface area contributed by atoms with Crippen LogP contribution in [0.3, 0.4) is 0 Å². The molecule has 124 valence electrons. The molecule has 0 heterocycles. The summed E-state index contributed by atoms with van der Waals surface area (Å²) in [5.41, 5.74) is -1.78. The summed E-state index contributed by atoms with van der Waals surface area (Å²) in [6.07, 6.45) is -0.518. The van der Waals surface area contributed by atoms with Gasteiger partial charge >= 0.3 is 5.97 Å². The molecule has 0 N–H and O–H groups in total. The predicted molar refractivity (Wildman–Crippen MR) is 61.9 cm³/mol. The molecule has 0 fully saturated rings. The maximum atomic E-state index is 13.3. The van der Waals surface area contributed by atoms with Gasteiger partial charge in [0.2, 0.25) is 5.82 Å². The fourth-order valence-electron chi connectivity index (χ4n) is 1.38. The van der Waals surface area contributed by atoms with Gasteiger partial charge in [0.1, 0.15) is 18.3 Å². The number of esters is 1. The second kappa shape index (κ2) is 6.57. The highest BCUT2D eigenvalue weighted by Crippen LogP contribution is 2.23. The summed E-state index contributed by atoms with van der Waals surface area (Å²) in [4.78, 5) is 11.4. The summed E-state index contributed by atoms with van der Waals surface area (Å²) < 4.78 is 95.4. The summed E-state index contributed by atoms with van der Waals surface area (Å²) >= 11 is 0. The molecule has 0 radical (unpaired) electrons. The van der Waals surface area contributed by atoms with E-state index < -0.39 is 63.4 Å². The van der Waals surface area contributed by atoms with Gasteiger partial charge in [-0.1, -0.05) is 0 Å². The molecule has 1 atom stereocenters. The van der Waals surface area contributed by atoms with Gasteiger partial charge in [-0.25, -0.2) is 26.7 Å². The van der Waals surface area contributed by atoms with E-state index in [4.69, 9.17) is 0 Å². The van der Waals surface area contributed by atoms with Gasteiger partial charge in [-0.05, 0) is 6.92 Å². The van der Waals surface area contributed by atoms with E-state index in [-0.39, 0.29) is 0 Å². The van der Waals surface area contributed by atoms with Crippen molar-refractivity contribution < 1.29 is 44.1 Å². The fraction of sp³-hybridized carbons (Fsp3) is 0.364. The van der Waals surface area contributed by atoms with Crippen molar-refractivity contribution in [2.75, 3.05) is 12.9 Å². The molecule has 1 rings (SSSR count). The Bertz CT molecular complexity index is 674. The van der Waals surface area contributed by atoms with Crippen molar-refractivity contribution in [3.05, 3.63) is 34.6 Å². The molecule has 11 heteroatoms. The molecular weight excluding hydrogens is 339 g/mol. The highest BCUT2D eigenvalue weighted by atomic mass is 32.2. The Hall–Kier alpha value is -1.75. The molecule has 22 heavy (non-hydrogen) atoms. The molecule has 0 aliphatic rings. The lowest BCUT2D eigenvalue weighted by atomic mass is 10.1. The maximum Gasteiger partial charge on any atom is 0.344 e. The van der Waals surface area contributed by atoms with Crippen molar-refractivity contribution in [1.29, 1.82) is 0 Å². The largest absolute Gasteiger partial charge is 0.459 e. The lowest BCUT2D eigenvalue weighted by Gasteiger charge is -2.12. The molecular formula is C11H9F5O5S. The smallest absolute Gasteiger partial charge is 0.344 e. The van der Waals surface area contributed by atoms with Gasteiger partial charge in [0.15, 0.2) is 23.3 Å². The Balaban J connectivity index is 2.96. The van der Waals surface area contributed by atoms with Gasteiger partial charge in [0, 0.05) is 0 Å². The van der Waals surface area contributed by atoms with E-state index in [1.54, 1.807) is 0 Å². The lowest BCUT2D eigenvalue weighted by molar-refractivity contribution is 0.0337. The third-order valence-corrected chi connectivity index (χ3v) is 2.88. The zero-order valence-electron chi connectivity index (χ0n) is 11.1. The number of halogens is 5. The molecule has 0 amide bonds. The summed E-state index contributed by atoms with van der Waals surface area (Å²) in [7, 11) is -3.88. The molecule has 1 aromatic rings. The number of hydrogen-bond acceptors (Lipinski definition) is 5. The highest BCUT2D eigenvalue weighted by Gasteiger charge is 2.31. The van der Waals surface area contributed by atoms with Crippen LogP contribution in [0.5, 0.6) is 0 Å². The Morgan fingerprint density at radius 2 is 1.41 bits per heavy atom. The van der Waals surface area contributed by atoms with Crippen molar-refractivity contribution in [2.45, 2.75) is 13.0 Å². The molecule has 0 spiro atoms. The Morgan fingerprint density at radius 1 is 1.00 bits per heavy atom. The average Bonchev–Trinajstić information content (AvgIpc) is 2.39. The average molecular weight is 348 g/mol. The number of benzene rings is 1. The first kappa shape index (κ1) is 18.3. The van der Waals surface area contributed by atoms with Gasteiger partial charge in [0.05, 0.1) is 6.26 Å². The molecule has 1 unspecified atom stereocenters. The number of carbonyl (C=O) groups excluding carboxylic acids is 1. The minimum Gasteiger partial charge on any atom is -0.459 e. The van der Waals surface area contributed by atoms with Crippen LogP contribution in [-0.4, -0.2) is 33.4 Å².